The minimum atomic E-state index is -1.16. The van der Waals surface area contributed by atoms with E-state index in [1.165, 1.54) is 6.92 Å². The third-order valence-electron chi connectivity index (χ3n) is 4.80. The normalized spacial score (nSPS) is 12.5. The molecular formula is C24H24N2O5. The number of rotatable bonds is 8. The lowest BCUT2D eigenvalue weighted by Gasteiger charge is -2.20. The van der Waals surface area contributed by atoms with Crippen molar-refractivity contribution in [2.45, 2.75) is 32.0 Å². The molecule has 0 aliphatic rings. The topological polar surface area (TPSA) is 105 Å². The number of carboxylic acid groups (broad SMARTS) is 1. The predicted molar refractivity (Wildman–Crippen MR) is 116 cm³/mol. The van der Waals surface area contributed by atoms with Crippen LogP contribution in [0, 0.1) is 0 Å². The van der Waals surface area contributed by atoms with Crippen molar-refractivity contribution in [1.29, 1.82) is 0 Å². The van der Waals surface area contributed by atoms with Crippen molar-refractivity contribution in [3.05, 3.63) is 83.9 Å². The van der Waals surface area contributed by atoms with E-state index < -0.39 is 30.1 Å². The van der Waals surface area contributed by atoms with Gasteiger partial charge in [-0.25, -0.2) is 4.79 Å². The van der Waals surface area contributed by atoms with Crippen LogP contribution in [0.1, 0.15) is 18.1 Å². The van der Waals surface area contributed by atoms with E-state index in [4.69, 9.17) is 9.84 Å². The van der Waals surface area contributed by atoms with Gasteiger partial charge in [0.25, 0.3) is 0 Å². The summed E-state index contributed by atoms with van der Waals surface area (Å²) in [6.07, 6.45) is -0.559. The lowest BCUT2D eigenvalue weighted by atomic mass is 10.1. The number of benzene rings is 3. The Morgan fingerprint density at radius 3 is 2.26 bits per heavy atom. The van der Waals surface area contributed by atoms with Crippen molar-refractivity contribution < 1.29 is 24.2 Å². The van der Waals surface area contributed by atoms with Crippen LogP contribution in [0.15, 0.2) is 72.8 Å². The molecule has 0 unspecified atom stereocenters. The summed E-state index contributed by atoms with van der Waals surface area (Å²) in [7, 11) is 0. The summed E-state index contributed by atoms with van der Waals surface area (Å²) in [6.45, 7) is 1.40. The maximum Gasteiger partial charge on any atom is 0.408 e. The molecule has 3 aromatic rings. The standard InChI is InChI=1S/C24H24N2O5/c1-16(23(28)29)25-22(27)21(14-17-7-3-2-4-8-17)26-24(30)31-15-18-11-12-19-9-5-6-10-20(19)13-18/h2-13,16,21H,14-15H2,1H3,(H,25,27)(H,26,30)(H,28,29)/t16-,21-/m0/s1. The molecule has 0 aromatic heterocycles. The highest BCUT2D eigenvalue weighted by Crippen LogP contribution is 2.16. The van der Waals surface area contributed by atoms with E-state index in [-0.39, 0.29) is 13.0 Å². The number of fused-ring (bicyclic) bond motifs is 1. The fourth-order valence-corrected chi connectivity index (χ4v) is 3.10. The number of hydrogen-bond acceptors (Lipinski definition) is 4. The molecule has 0 fully saturated rings. The van der Waals surface area contributed by atoms with Crippen LogP contribution in [-0.2, 0) is 27.4 Å². The van der Waals surface area contributed by atoms with E-state index in [2.05, 4.69) is 10.6 Å². The maximum absolute atomic E-state index is 12.6. The van der Waals surface area contributed by atoms with Gasteiger partial charge < -0.3 is 20.5 Å². The zero-order valence-electron chi connectivity index (χ0n) is 17.1. The summed E-state index contributed by atoms with van der Waals surface area (Å²) >= 11 is 0. The molecule has 2 amide bonds. The molecular weight excluding hydrogens is 396 g/mol. The van der Waals surface area contributed by atoms with Crippen molar-refractivity contribution in [3.63, 3.8) is 0 Å². The number of carbonyl (C=O) groups excluding carboxylic acids is 2. The van der Waals surface area contributed by atoms with Crippen LogP contribution >= 0.6 is 0 Å². The van der Waals surface area contributed by atoms with Gasteiger partial charge in [-0.3, -0.25) is 9.59 Å². The first-order valence-corrected chi connectivity index (χ1v) is 9.90. The average Bonchev–Trinajstić information content (AvgIpc) is 2.77. The molecule has 0 saturated heterocycles. The van der Waals surface area contributed by atoms with Gasteiger partial charge in [0.2, 0.25) is 5.91 Å². The molecule has 3 N–H and O–H groups in total. The minimum Gasteiger partial charge on any atom is -0.480 e. The summed E-state index contributed by atoms with van der Waals surface area (Å²) in [5.74, 6) is -1.76. The van der Waals surface area contributed by atoms with Gasteiger partial charge in [0.1, 0.15) is 18.7 Å². The van der Waals surface area contributed by atoms with Gasteiger partial charge >= 0.3 is 12.1 Å². The third-order valence-corrected chi connectivity index (χ3v) is 4.80. The highest BCUT2D eigenvalue weighted by atomic mass is 16.5. The quantitative estimate of drug-likeness (QED) is 0.519. The fourth-order valence-electron chi connectivity index (χ4n) is 3.10. The molecule has 0 spiro atoms. The van der Waals surface area contributed by atoms with Crippen LogP contribution in [0.2, 0.25) is 0 Å². The second-order valence-corrected chi connectivity index (χ2v) is 7.21. The molecule has 160 valence electrons. The third kappa shape index (κ3) is 6.30. The van der Waals surface area contributed by atoms with Crippen molar-refractivity contribution >= 4 is 28.7 Å². The molecule has 0 radical (unpaired) electrons. The van der Waals surface area contributed by atoms with Crippen molar-refractivity contribution in [2.75, 3.05) is 0 Å². The Morgan fingerprint density at radius 1 is 0.871 bits per heavy atom. The molecule has 0 heterocycles. The number of carbonyl (C=O) groups is 3. The number of aliphatic carboxylic acids is 1. The zero-order chi connectivity index (χ0) is 22.2. The highest BCUT2D eigenvalue weighted by molar-refractivity contribution is 5.89. The largest absolute Gasteiger partial charge is 0.480 e. The number of alkyl carbamates (subject to hydrolysis) is 1. The van der Waals surface area contributed by atoms with Gasteiger partial charge in [0.15, 0.2) is 0 Å². The van der Waals surface area contributed by atoms with Crippen molar-refractivity contribution in [1.82, 2.24) is 10.6 Å². The van der Waals surface area contributed by atoms with Crippen LogP contribution in [0.4, 0.5) is 4.79 Å². The SMILES string of the molecule is C[C@H](NC(=O)[C@H](Cc1ccccc1)NC(=O)OCc1ccc2ccccc2c1)C(=O)O. The Balaban J connectivity index is 1.64. The van der Waals surface area contributed by atoms with Crippen LogP contribution in [0.25, 0.3) is 10.8 Å². The van der Waals surface area contributed by atoms with E-state index in [9.17, 15) is 14.4 Å². The fraction of sp³-hybridized carbons (Fsp3) is 0.208. The number of hydrogen-bond donors (Lipinski definition) is 3. The Hall–Kier alpha value is -3.87. The van der Waals surface area contributed by atoms with Crippen LogP contribution < -0.4 is 10.6 Å². The molecule has 3 rings (SSSR count). The van der Waals surface area contributed by atoms with E-state index in [0.29, 0.717) is 0 Å². The van der Waals surface area contributed by atoms with Gasteiger partial charge in [0, 0.05) is 6.42 Å². The molecule has 7 heteroatoms. The maximum atomic E-state index is 12.6. The van der Waals surface area contributed by atoms with Gasteiger partial charge in [-0.2, -0.15) is 0 Å². The van der Waals surface area contributed by atoms with Gasteiger partial charge in [-0.15, -0.1) is 0 Å². The van der Waals surface area contributed by atoms with Crippen molar-refractivity contribution in [2.24, 2.45) is 0 Å². The lowest BCUT2D eigenvalue weighted by Crippen LogP contribution is -2.51. The second-order valence-electron chi connectivity index (χ2n) is 7.21. The molecule has 3 aromatic carbocycles. The monoisotopic (exact) mass is 420 g/mol. The van der Waals surface area contributed by atoms with Crippen molar-refractivity contribution in [3.8, 4) is 0 Å². The molecule has 31 heavy (non-hydrogen) atoms. The summed E-state index contributed by atoms with van der Waals surface area (Å²) in [5, 5.41) is 16.1. The Bertz CT molecular complexity index is 1070. The van der Waals surface area contributed by atoms with Gasteiger partial charge in [0.05, 0.1) is 0 Å². The molecule has 7 nitrogen and oxygen atoms in total. The first-order valence-electron chi connectivity index (χ1n) is 9.90. The first-order chi connectivity index (χ1) is 14.9. The van der Waals surface area contributed by atoms with E-state index in [1.54, 1.807) is 0 Å². The van der Waals surface area contributed by atoms with E-state index in [0.717, 1.165) is 21.9 Å². The van der Waals surface area contributed by atoms with Gasteiger partial charge in [-0.05, 0) is 34.9 Å². The Kier molecular flexibility index (Phi) is 7.22. The Morgan fingerprint density at radius 2 is 1.55 bits per heavy atom. The molecule has 2 atom stereocenters. The number of nitrogens with one attached hydrogen (secondary N) is 2. The number of carboxylic acids is 1. The van der Waals surface area contributed by atoms with E-state index in [1.807, 2.05) is 72.8 Å². The Labute approximate surface area is 180 Å². The number of amides is 2. The molecule has 0 aliphatic carbocycles. The van der Waals surface area contributed by atoms with Crippen LogP contribution in [0.5, 0.6) is 0 Å². The number of ether oxygens (including phenoxy) is 1. The summed E-state index contributed by atoms with van der Waals surface area (Å²) in [4.78, 5) is 36.0. The van der Waals surface area contributed by atoms with Gasteiger partial charge in [-0.1, -0.05) is 66.7 Å². The molecule has 0 bridgehead atoms. The summed E-state index contributed by atoms with van der Waals surface area (Å²) in [6, 6.07) is 20.7. The highest BCUT2D eigenvalue weighted by Gasteiger charge is 2.25. The summed E-state index contributed by atoms with van der Waals surface area (Å²) < 4.78 is 5.30. The minimum absolute atomic E-state index is 0.0435. The van der Waals surface area contributed by atoms with E-state index >= 15 is 0 Å². The molecule has 0 aliphatic heterocycles. The average molecular weight is 420 g/mol. The zero-order valence-corrected chi connectivity index (χ0v) is 17.1. The molecule has 0 saturated carbocycles. The predicted octanol–water partition coefficient (Wildman–Crippen LogP) is 3.27. The van der Waals surface area contributed by atoms with Crippen LogP contribution in [0.3, 0.4) is 0 Å². The van der Waals surface area contributed by atoms with Crippen LogP contribution in [-0.4, -0.2) is 35.2 Å². The smallest absolute Gasteiger partial charge is 0.408 e. The lowest BCUT2D eigenvalue weighted by molar-refractivity contribution is -0.141. The second kappa shape index (κ2) is 10.2. The summed E-state index contributed by atoms with van der Waals surface area (Å²) in [5.41, 5.74) is 1.64. The first kappa shape index (κ1) is 21.8.